The van der Waals surface area contributed by atoms with E-state index in [0.29, 0.717) is 30.0 Å². The van der Waals surface area contributed by atoms with Crippen molar-refractivity contribution in [2.24, 2.45) is 0 Å². The molecule has 4 rings (SSSR count). The smallest absolute Gasteiger partial charge is 0.417 e. The van der Waals surface area contributed by atoms with Crippen molar-refractivity contribution < 1.29 is 23.9 Å². The van der Waals surface area contributed by atoms with Crippen molar-refractivity contribution in [1.29, 1.82) is 0 Å². The van der Waals surface area contributed by atoms with E-state index in [1.165, 1.54) is 4.90 Å². The summed E-state index contributed by atoms with van der Waals surface area (Å²) in [6, 6.07) is 15.8. The molecule has 2 heterocycles. The Labute approximate surface area is 210 Å². The van der Waals surface area contributed by atoms with E-state index in [9.17, 15) is 14.4 Å². The second-order valence-corrected chi connectivity index (χ2v) is 10.5. The van der Waals surface area contributed by atoms with E-state index >= 15 is 0 Å². The highest BCUT2D eigenvalue weighted by Crippen LogP contribution is 2.36. The largest absolute Gasteiger partial charge is 0.447 e. The predicted molar refractivity (Wildman–Crippen MR) is 132 cm³/mol. The fraction of sp³-hybridized carbons (Fsp3) is 0.444. The Morgan fingerprint density at radius 3 is 2.46 bits per heavy atom. The maximum absolute atomic E-state index is 14.1. The van der Waals surface area contributed by atoms with Crippen LogP contribution in [0.15, 0.2) is 54.6 Å². The fourth-order valence-electron chi connectivity index (χ4n) is 4.80. The number of amides is 3. The van der Waals surface area contributed by atoms with Gasteiger partial charge < -0.3 is 14.4 Å². The van der Waals surface area contributed by atoms with Crippen LogP contribution in [0.2, 0.25) is 5.02 Å². The van der Waals surface area contributed by atoms with Crippen molar-refractivity contribution in [3.05, 3.63) is 70.7 Å². The van der Waals surface area contributed by atoms with Crippen molar-refractivity contribution in [2.45, 2.75) is 63.6 Å². The van der Waals surface area contributed by atoms with E-state index in [0.717, 1.165) is 12.0 Å². The third-order valence-corrected chi connectivity index (χ3v) is 6.57. The second kappa shape index (κ2) is 10.3. The SMILES string of the molecule is CC(C)(C)OC(=O)N1CCC[C@H]1[C@@H](C(=O)N1C(=O)OC[C@H]1Cc1ccccc1)c1ccc(Cl)cc1. The Hall–Kier alpha value is -3.06. The number of hydrogen-bond acceptors (Lipinski definition) is 5. The number of benzene rings is 2. The number of nitrogens with zero attached hydrogens (tertiary/aromatic N) is 2. The van der Waals surface area contributed by atoms with Crippen LogP contribution >= 0.6 is 11.6 Å². The van der Waals surface area contributed by atoms with Gasteiger partial charge >= 0.3 is 12.2 Å². The first-order chi connectivity index (χ1) is 16.6. The summed E-state index contributed by atoms with van der Waals surface area (Å²) in [7, 11) is 0. The topological polar surface area (TPSA) is 76.2 Å². The average molecular weight is 499 g/mol. The van der Waals surface area contributed by atoms with Gasteiger partial charge in [0, 0.05) is 11.6 Å². The van der Waals surface area contributed by atoms with Gasteiger partial charge in [-0.05, 0) is 63.3 Å². The number of halogens is 1. The maximum Gasteiger partial charge on any atom is 0.417 e. The zero-order chi connectivity index (χ0) is 25.2. The molecule has 0 aliphatic carbocycles. The Morgan fingerprint density at radius 1 is 1.11 bits per heavy atom. The summed E-state index contributed by atoms with van der Waals surface area (Å²) in [5, 5.41) is 0.540. The van der Waals surface area contributed by atoms with Gasteiger partial charge in [-0.25, -0.2) is 14.5 Å². The molecule has 35 heavy (non-hydrogen) atoms. The third-order valence-electron chi connectivity index (χ3n) is 6.32. The summed E-state index contributed by atoms with van der Waals surface area (Å²) in [4.78, 5) is 42.8. The highest BCUT2D eigenvalue weighted by molar-refractivity contribution is 6.30. The monoisotopic (exact) mass is 498 g/mol. The van der Waals surface area contributed by atoms with Gasteiger partial charge in [-0.2, -0.15) is 0 Å². The number of likely N-dealkylation sites (tertiary alicyclic amines) is 1. The summed E-state index contributed by atoms with van der Waals surface area (Å²) < 4.78 is 11.0. The zero-order valence-electron chi connectivity index (χ0n) is 20.3. The maximum atomic E-state index is 14.1. The molecule has 3 atom stereocenters. The molecule has 2 aromatic carbocycles. The molecule has 0 unspecified atom stereocenters. The second-order valence-electron chi connectivity index (χ2n) is 10.0. The average Bonchev–Trinajstić information content (AvgIpc) is 3.42. The lowest BCUT2D eigenvalue weighted by Gasteiger charge is -2.34. The number of carbonyl (C=O) groups is 3. The number of carbonyl (C=O) groups excluding carboxylic acids is 3. The van der Waals surface area contributed by atoms with E-state index in [-0.39, 0.29) is 12.5 Å². The van der Waals surface area contributed by atoms with E-state index in [1.807, 2.05) is 51.1 Å². The number of cyclic esters (lactones) is 1. The molecule has 0 spiro atoms. The van der Waals surface area contributed by atoms with Crippen LogP contribution in [0.5, 0.6) is 0 Å². The van der Waals surface area contributed by atoms with Crippen LogP contribution in [-0.2, 0) is 20.7 Å². The first-order valence-electron chi connectivity index (χ1n) is 11.9. The van der Waals surface area contributed by atoms with Gasteiger partial charge in [-0.1, -0.05) is 54.1 Å². The lowest BCUT2D eigenvalue weighted by molar-refractivity contribution is -0.132. The Kier molecular flexibility index (Phi) is 7.36. The van der Waals surface area contributed by atoms with Crippen molar-refractivity contribution in [2.75, 3.05) is 13.2 Å². The third kappa shape index (κ3) is 5.78. The molecule has 7 nitrogen and oxygen atoms in total. The number of imide groups is 1. The van der Waals surface area contributed by atoms with Crippen LogP contribution in [0.3, 0.4) is 0 Å². The minimum Gasteiger partial charge on any atom is -0.447 e. The van der Waals surface area contributed by atoms with Crippen LogP contribution in [0.25, 0.3) is 0 Å². The zero-order valence-corrected chi connectivity index (χ0v) is 21.0. The Bertz CT molecular complexity index is 1070. The van der Waals surface area contributed by atoms with Gasteiger partial charge in [-0.3, -0.25) is 4.79 Å². The number of ether oxygens (including phenoxy) is 2. The van der Waals surface area contributed by atoms with Crippen molar-refractivity contribution in [1.82, 2.24) is 9.80 Å². The fourth-order valence-corrected chi connectivity index (χ4v) is 4.93. The van der Waals surface area contributed by atoms with Gasteiger partial charge in [0.05, 0.1) is 18.0 Å². The highest BCUT2D eigenvalue weighted by Gasteiger charge is 2.47. The molecule has 0 aromatic heterocycles. The molecule has 0 radical (unpaired) electrons. The lowest BCUT2D eigenvalue weighted by atomic mass is 9.88. The Morgan fingerprint density at radius 2 is 1.80 bits per heavy atom. The first kappa shape index (κ1) is 25.0. The standard InChI is InChI=1S/C27H31ClN2O5/c1-27(2,3)35-25(32)29-15-7-10-22(29)23(19-11-13-20(28)14-12-19)24(31)30-21(17-34-26(30)33)16-18-8-5-4-6-9-18/h4-6,8-9,11-14,21-23H,7,10,15-17H2,1-3H3/t21-,22+,23+/m1/s1. The van der Waals surface area contributed by atoms with Crippen LogP contribution in [0, 0.1) is 0 Å². The van der Waals surface area contributed by atoms with Crippen LogP contribution < -0.4 is 0 Å². The normalized spacial score (nSPS) is 21.1. The molecule has 2 aliphatic heterocycles. The number of hydrogen-bond donors (Lipinski definition) is 0. The Balaban J connectivity index is 1.67. The summed E-state index contributed by atoms with van der Waals surface area (Å²) >= 11 is 6.12. The molecular weight excluding hydrogens is 468 g/mol. The van der Waals surface area contributed by atoms with Crippen molar-refractivity contribution in [3.63, 3.8) is 0 Å². The van der Waals surface area contributed by atoms with Crippen molar-refractivity contribution in [3.8, 4) is 0 Å². The molecule has 2 aliphatic rings. The predicted octanol–water partition coefficient (Wildman–Crippen LogP) is 5.41. The van der Waals surface area contributed by atoms with E-state index < -0.39 is 35.8 Å². The van der Waals surface area contributed by atoms with Gasteiger partial charge in [0.1, 0.15) is 12.2 Å². The molecule has 0 bridgehead atoms. The minimum atomic E-state index is -0.758. The van der Waals surface area contributed by atoms with Gasteiger partial charge in [0.15, 0.2) is 0 Å². The first-order valence-corrected chi connectivity index (χ1v) is 12.3. The van der Waals surface area contributed by atoms with Gasteiger partial charge in [0.25, 0.3) is 0 Å². The molecule has 0 saturated carbocycles. The van der Waals surface area contributed by atoms with Crippen LogP contribution in [0.1, 0.15) is 50.7 Å². The van der Waals surface area contributed by atoms with Crippen molar-refractivity contribution >= 4 is 29.7 Å². The summed E-state index contributed by atoms with van der Waals surface area (Å²) in [6.07, 6.45) is 0.726. The van der Waals surface area contributed by atoms with E-state index in [4.69, 9.17) is 21.1 Å². The molecule has 2 aromatic rings. The summed E-state index contributed by atoms with van der Waals surface area (Å²) in [5.74, 6) is -1.14. The van der Waals surface area contributed by atoms with Gasteiger partial charge in [0.2, 0.25) is 5.91 Å². The molecule has 186 valence electrons. The summed E-state index contributed by atoms with van der Waals surface area (Å²) in [6.45, 7) is 6.05. The molecule has 2 fully saturated rings. The van der Waals surface area contributed by atoms with Crippen LogP contribution in [0.4, 0.5) is 9.59 Å². The van der Waals surface area contributed by atoms with E-state index in [2.05, 4.69) is 0 Å². The quantitative estimate of drug-likeness (QED) is 0.550. The van der Waals surface area contributed by atoms with Crippen LogP contribution in [-0.4, -0.2) is 58.7 Å². The van der Waals surface area contributed by atoms with Gasteiger partial charge in [-0.15, -0.1) is 0 Å². The minimum absolute atomic E-state index is 0.132. The molecule has 2 saturated heterocycles. The highest BCUT2D eigenvalue weighted by atomic mass is 35.5. The number of rotatable bonds is 5. The molecule has 3 amide bonds. The van der Waals surface area contributed by atoms with E-state index in [1.54, 1.807) is 29.2 Å². The molecular formula is C27H31ClN2O5. The molecule has 8 heteroatoms. The summed E-state index contributed by atoms with van der Waals surface area (Å²) in [5.41, 5.74) is 1.04. The lowest BCUT2D eigenvalue weighted by Crippen LogP contribution is -2.50. The molecule has 0 N–H and O–H groups in total.